The molecule has 4 fully saturated rings. The van der Waals surface area contributed by atoms with Crippen LogP contribution >= 0.6 is 0 Å². The summed E-state index contributed by atoms with van der Waals surface area (Å²) < 4.78 is 0. The lowest BCUT2D eigenvalue weighted by molar-refractivity contribution is -0.207. The van der Waals surface area contributed by atoms with Gasteiger partial charge in [0.1, 0.15) is 0 Å². The van der Waals surface area contributed by atoms with Gasteiger partial charge in [-0.2, -0.15) is 0 Å². The van der Waals surface area contributed by atoms with Crippen LogP contribution in [0.4, 0.5) is 0 Å². The van der Waals surface area contributed by atoms with Crippen molar-refractivity contribution in [3.8, 4) is 0 Å². The minimum absolute atomic E-state index is 0.0157. The zero-order chi connectivity index (χ0) is 23.5. The van der Waals surface area contributed by atoms with Crippen molar-refractivity contribution in [1.29, 1.82) is 0 Å². The van der Waals surface area contributed by atoms with E-state index in [0.29, 0.717) is 28.6 Å². The second-order valence-corrected chi connectivity index (χ2v) is 15.3. The van der Waals surface area contributed by atoms with E-state index in [0.717, 1.165) is 19.3 Å². The van der Waals surface area contributed by atoms with E-state index in [4.69, 9.17) is 0 Å². The number of fused-ring (bicyclic) bond motifs is 7. The van der Waals surface area contributed by atoms with E-state index in [1.807, 2.05) is 0 Å². The standard InChI is InChI=1S/C30H50O2/c1-25(2)17-20-19-9-10-22-28(6)13-12-23(31)26(3,4)21(28)11-14-30(22,8)29(19,7)16-15-27(20,5)24(32)18-25/h9,20-24,31-32H,10-18H2,1-8H3/t20-,21-,22+,23-,24-,27+,28-,29+,30+/m0/s1. The van der Waals surface area contributed by atoms with Crippen molar-refractivity contribution >= 4 is 0 Å². The third kappa shape index (κ3) is 2.72. The second kappa shape index (κ2) is 6.66. The minimum Gasteiger partial charge on any atom is -0.393 e. The van der Waals surface area contributed by atoms with E-state index in [9.17, 15) is 10.2 Å². The number of allylic oxidation sites excluding steroid dienone is 2. The van der Waals surface area contributed by atoms with Gasteiger partial charge in [0, 0.05) is 5.41 Å². The van der Waals surface area contributed by atoms with Gasteiger partial charge in [0.25, 0.3) is 0 Å². The number of rotatable bonds is 0. The average Bonchev–Trinajstić information content (AvgIpc) is 2.67. The van der Waals surface area contributed by atoms with Crippen molar-refractivity contribution in [3.05, 3.63) is 11.6 Å². The topological polar surface area (TPSA) is 40.5 Å². The Kier molecular flexibility index (Phi) is 4.87. The van der Waals surface area contributed by atoms with Crippen LogP contribution < -0.4 is 0 Å². The van der Waals surface area contributed by atoms with E-state index in [1.165, 1.54) is 38.5 Å². The molecule has 0 amide bonds. The van der Waals surface area contributed by atoms with Crippen LogP contribution in [0, 0.1) is 50.2 Å². The van der Waals surface area contributed by atoms with E-state index in [1.54, 1.807) is 5.57 Å². The molecular weight excluding hydrogens is 392 g/mol. The lowest BCUT2D eigenvalue weighted by atomic mass is 9.33. The molecule has 0 aliphatic heterocycles. The molecule has 0 heterocycles. The van der Waals surface area contributed by atoms with Gasteiger partial charge in [-0.25, -0.2) is 0 Å². The predicted octanol–water partition coefficient (Wildman–Crippen LogP) is 7.14. The highest BCUT2D eigenvalue weighted by molar-refractivity contribution is 5.34. The van der Waals surface area contributed by atoms with E-state index in [2.05, 4.69) is 61.5 Å². The van der Waals surface area contributed by atoms with Crippen LogP contribution in [0.3, 0.4) is 0 Å². The molecule has 2 nitrogen and oxygen atoms in total. The molecule has 0 radical (unpaired) electrons. The Hall–Kier alpha value is -0.340. The molecule has 32 heavy (non-hydrogen) atoms. The largest absolute Gasteiger partial charge is 0.393 e. The quantitative estimate of drug-likeness (QED) is 0.391. The van der Waals surface area contributed by atoms with Gasteiger partial charge >= 0.3 is 0 Å². The molecule has 0 aromatic heterocycles. The fourth-order valence-corrected chi connectivity index (χ4v) is 10.7. The van der Waals surface area contributed by atoms with Crippen LogP contribution in [-0.4, -0.2) is 22.4 Å². The molecule has 2 heteroatoms. The zero-order valence-corrected chi connectivity index (χ0v) is 22.2. The summed E-state index contributed by atoms with van der Waals surface area (Å²) in [6.45, 7) is 19.7. The molecular formula is C30H50O2. The minimum atomic E-state index is -0.180. The van der Waals surface area contributed by atoms with Gasteiger partial charge in [-0.3, -0.25) is 0 Å². The third-order valence-electron chi connectivity index (χ3n) is 13.1. The van der Waals surface area contributed by atoms with E-state index < -0.39 is 0 Å². The van der Waals surface area contributed by atoms with Gasteiger partial charge in [-0.15, -0.1) is 0 Å². The van der Waals surface area contributed by atoms with Gasteiger partial charge in [-0.05, 0) is 103 Å². The maximum Gasteiger partial charge on any atom is 0.0604 e. The van der Waals surface area contributed by atoms with Gasteiger partial charge in [-0.1, -0.05) is 67.0 Å². The molecule has 5 aliphatic carbocycles. The first-order valence-corrected chi connectivity index (χ1v) is 13.7. The van der Waals surface area contributed by atoms with Gasteiger partial charge < -0.3 is 10.2 Å². The summed E-state index contributed by atoms with van der Waals surface area (Å²) in [6, 6.07) is 0. The molecule has 182 valence electrons. The smallest absolute Gasteiger partial charge is 0.0604 e. The lowest BCUT2D eigenvalue weighted by Crippen LogP contribution is -2.65. The molecule has 0 saturated heterocycles. The molecule has 4 saturated carbocycles. The summed E-state index contributed by atoms with van der Waals surface area (Å²) in [5.41, 5.74) is 2.86. The Labute approximate surface area is 197 Å². The molecule has 2 N–H and O–H groups in total. The number of aliphatic hydroxyl groups excluding tert-OH is 2. The van der Waals surface area contributed by atoms with Crippen molar-refractivity contribution in [2.75, 3.05) is 0 Å². The fourth-order valence-electron chi connectivity index (χ4n) is 10.7. The van der Waals surface area contributed by atoms with Crippen molar-refractivity contribution in [2.24, 2.45) is 50.2 Å². The number of aliphatic hydroxyl groups is 2. The fraction of sp³-hybridized carbons (Fsp3) is 0.933. The first kappa shape index (κ1) is 23.4. The van der Waals surface area contributed by atoms with Crippen molar-refractivity contribution < 1.29 is 10.2 Å². The molecule has 5 aliphatic rings. The summed E-state index contributed by atoms with van der Waals surface area (Å²) in [4.78, 5) is 0. The maximum atomic E-state index is 11.3. The van der Waals surface area contributed by atoms with Crippen molar-refractivity contribution in [1.82, 2.24) is 0 Å². The Morgan fingerprint density at radius 1 is 0.719 bits per heavy atom. The van der Waals surface area contributed by atoms with Gasteiger partial charge in [0.2, 0.25) is 0 Å². The molecule has 5 rings (SSSR count). The summed E-state index contributed by atoms with van der Waals surface area (Å²) in [6.07, 6.45) is 12.8. The molecule has 0 unspecified atom stereocenters. The van der Waals surface area contributed by atoms with Gasteiger partial charge in [0.05, 0.1) is 12.2 Å². The third-order valence-corrected chi connectivity index (χ3v) is 13.1. The van der Waals surface area contributed by atoms with Crippen LogP contribution in [0.5, 0.6) is 0 Å². The molecule has 9 atom stereocenters. The summed E-state index contributed by atoms with van der Waals surface area (Å²) in [5, 5.41) is 22.2. The summed E-state index contributed by atoms with van der Waals surface area (Å²) >= 11 is 0. The van der Waals surface area contributed by atoms with Crippen LogP contribution in [0.15, 0.2) is 11.6 Å². The highest BCUT2D eigenvalue weighted by Crippen LogP contribution is 2.75. The Balaban J connectivity index is 1.58. The summed E-state index contributed by atoms with van der Waals surface area (Å²) in [5.74, 6) is 1.83. The SMILES string of the molecule is CC1(C)C[C@H](O)[C@]2(C)CC[C@]3(C)C(=CC[C@@H]4[C@@]5(C)CC[C@H](O)C(C)(C)[C@@H]5CC[C@]43C)[C@@H]2C1. The average molecular weight is 443 g/mol. The van der Waals surface area contributed by atoms with Crippen molar-refractivity contribution in [2.45, 2.75) is 125 Å². The van der Waals surface area contributed by atoms with Crippen LogP contribution in [0.25, 0.3) is 0 Å². The van der Waals surface area contributed by atoms with Crippen LogP contribution in [0.1, 0.15) is 113 Å². The second-order valence-electron chi connectivity index (χ2n) is 15.3. The lowest BCUT2D eigenvalue weighted by Gasteiger charge is -2.71. The molecule has 0 bridgehead atoms. The first-order chi connectivity index (χ1) is 14.6. The summed E-state index contributed by atoms with van der Waals surface area (Å²) in [7, 11) is 0. The molecule has 0 aromatic rings. The number of hydrogen-bond donors (Lipinski definition) is 2. The Bertz CT molecular complexity index is 825. The maximum absolute atomic E-state index is 11.3. The van der Waals surface area contributed by atoms with Crippen LogP contribution in [0.2, 0.25) is 0 Å². The predicted molar refractivity (Wildman–Crippen MR) is 132 cm³/mol. The van der Waals surface area contributed by atoms with E-state index in [-0.39, 0.29) is 33.9 Å². The number of hydrogen-bond acceptors (Lipinski definition) is 2. The van der Waals surface area contributed by atoms with Gasteiger partial charge in [0.15, 0.2) is 0 Å². The van der Waals surface area contributed by atoms with Crippen molar-refractivity contribution in [3.63, 3.8) is 0 Å². The van der Waals surface area contributed by atoms with E-state index >= 15 is 0 Å². The highest BCUT2D eigenvalue weighted by Gasteiger charge is 2.68. The first-order valence-electron chi connectivity index (χ1n) is 13.7. The van der Waals surface area contributed by atoms with Crippen LogP contribution in [-0.2, 0) is 0 Å². The monoisotopic (exact) mass is 442 g/mol. The normalized spacial score (nSPS) is 56.2. The zero-order valence-electron chi connectivity index (χ0n) is 22.2. The Morgan fingerprint density at radius 2 is 1.41 bits per heavy atom. The molecule has 0 aromatic carbocycles. The molecule has 0 spiro atoms. The Morgan fingerprint density at radius 3 is 2.09 bits per heavy atom. The highest BCUT2D eigenvalue weighted by atomic mass is 16.3.